The third-order valence-corrected chi connectivity index (χ3v) is 5.33. The first kappa shape index (κ1) is 15.9. The van der Waals surface area contributed by atoms with E-state index in [9.17, 15) is 4.79 Å². The molecule has 0 saturated carbocycles. The summed E-state index contributed by atoms with van der Waals surface area (Å²) in [4.78, 5) is 27.0. The van der Waals surface area contributed by atoms with Gasteiger partial charge in [-0.2, -0.15) is 0 Å². The minimum atomic E-state index is -1.01. The number of allylic oxidation sites excluding steroid dienone is 1. The summed E-state index contributed by atoms with van der Waals surface area (Å²) in [7, 11) is 0. The minimum Gasteiger partial charge on any atom is -0.478 e. The lowest BCUT2D eigenvalue weighted by Gasteiger charge is -2.26. The number of rotatable bonds is 3. The molecule has 3 heterocycles. The van der Waals surface area contributed by atoms with E-state index < -0.39 is 5.97 Å². The van der Waals surface area contributed by atoms with E-state index in [4.69, 9.17) is 10.1 Å². The van der Waals surface area contributed by atoms with Crippen LogP contribution in [-0.2, 0) is 4.79 Å². The number of carboxylic acid groups (broad SMARTS) is 1. The van der Waals surface area contributed by atoms with Gasteiger partial charge in [0.15, 0.2) is 5.82 Å². The van der Waals surface area contributed by atoms with Gasteiger partial charge in [-0.05, 0) is 35.8 Å². The Kier molecular flexibility index (Phi) is 3.63. The number of aromatic nitrogens is 2. The molecule has 1 aromatic heterocycles. The van der Waals surface area contributed by atoms with Crippen LogP contribution in [0.1, 0.15) is 25.1 Å². The highest BCUT2D eigenvalue weighted by molar-refractivity contribution is 6.05. The van der Waals surface area contributed by atoms with Crippen LogP contribution >= 0.6 is 0 Å². The average Bonchev–Trinajstić information content (AvgIpc) is 3.29. The normalized spacial score (nSPS) is 18.7. The summed E-state index contributed by atoms with van der Waals surface area (Å²) >= 11 is 0. The number of benzene rings is 1. The van der Waals surface area contributed by atoms with Gasteiger partial charge in [0.05, 0.1) is 12.1 Å². The van der Waals surface area contributed by atoms with Gasteiger partial charge in [0.1, 0.15) is 5.82 Å². The van der Waals surface area contributed by atoms with Gasteiger partial charge in [-0.3, -0.25) is 4.99 Å². The lowest BCUT2D eigenvalue weighted by molar-refractivity contribution is -0.131. The first-order valence-electron chi connectivity index (χ1n) is 9.08. The maximum absolute atomic E-state index is 10.9. The molecule has 0 bridgehead atoms. The minimum absolute atomic E-state index is 0.415. The zero-order valence-electron chi connectivity index (χ0n) is 14.7. The number of fused-ring (bicyclic) bond motifs is 2. The van der Waals surface area contributed by atoms with Gasteiger partial charge in [-0.15, -0.1) is 0 Å². The van der Waals surface area contributed by atoms with Crippen molar-refractivity contribution in [2.75, 3.05) is 18.0 Å². The monoisotopic (exact) mass is 358 g/mol. The summed E-state index contributed by atoms with van der Waals surface area (Å²) in [6.45, 7) is 1.68. The predicted octanol–water partition coefficient (Wildman–Crippen LogP) is 3.37. The highest BCUT2D eigenvalue weighted by atomic mass is 16.4. The van der Waals surface area contributed by atoms with E-state index in [1.54, 1.807) is 0 Å². The van der Waals surface area contributed by atoms with Gasteiger partial charge in [-0.1, -0.05) is 18.2 Å². The summed E-state index contributed by atoms with van der Waals surface area (Å²) in [6, 6.07) is 7.89. The number of aliphatic carboxylic acids is 1. The van der Waals surface area contributed by atoms with Crippen molar-refractivity contribution >= 4 is 34.5 Å². The molecular formula is C21H18N4O2. The Hall–Kier alpha value is -3.28. The molecule has 1 aromatic carbocycles. The third-order valence-electron chi connectivity index (χ3n) is 5.33. The molecule has 134 valence electrons. The van der Waals surface area contributed by atoms with Crippen LogP contribution in [0.4, 0.5) is 5.82 Å². The van der Waals surface area contributed by atoms with E-state index in [0.29, 0.717) is 5.82 Å². The Morgan fingerprint density at radius 3 is 2.96 bits per heavy atom. The number of para-hydroxylation sites is 1. The molecule has 6 heteroatoms. The van der Waals surface area contributed by atoms with Crippen molar-refractivity contribution in [3.05, 3.63) is 59.1 Å². The molecule has 1 N–H and O–H groups in total. The molecule has 27 heavy (non-hydrogen) atoms. The molecule has 5 rings (SSSR count). The zero-order valence-corrected chi connectivity index (χ0v) is 14.7. The zero-order chi connectivity index (χ0) is 18.4. The van der Waals surface area contributed by atoms with Crippen molar-refractivity contribution < 1.29 is 9.90 Å². The van der Waals surface area contributed by atoms with Gasteiger partial charge >= 0.3 is 5.97 Å². The van der Waals surface area contributed by atoms with Gasteiger partial charge in [0.2, 0.25) is 0 Å². The molecule has 0 unspecified atom stereocenters. The SMILES string of the molecule is O=C(O)C=Cc1nc(N2CCC3=C2CC2=CCN=C2C3)c2ccccc2n1. The summed E-state index contributed by atoms with van der Waals surface area (Å²) in [5.74, 6) is 0.264. The molecule has 0 spiro atoms. The van der Waals surface area contributed by atoms with Gasteiger partial charge < -0.3 is 10.0 Å². The van der Waals surface area contributed by atoms with Crippen LogP contribution in [-0.4, -0.2) is 39.8 Å². The van der Waals surface area contributed by atoms with Crippen LogP contribution < -0.4 is 4.90 Å². The van der Waals surface area contributed by atoms with Crippen molar-refractivity contribution in [1.29, 1.82) is 0 Å². The number of aliphatic imine (C=N–C) groups is 1. The van der Waals surface area contributed by atoms with Crippen molar-refractivity contribution in [2.24, 2.45) is 4.99 Å². The summed E-state index contributed by atoms with van der Waals surface area (Å²) in [5.41, 5.74) is 6.16. The van der Waals surface area contributed by atoms with Crippen LogP contribution in [0, 0.1) is 0 Å². The Morgan fingerprint density at radius 1 is 1.19 bits per heavy atom. The number of carboxylic acids is 1. The van der Waals surface area contributed by atoms with E-state index >= 15 is 0 Å². The molecule has 0 fully saturated rings. The van der Waals surface area contributed by atoms with Crippen LogP contribution in [0.25, 0.3) is 17.0 Å². The van der Waals surface area contributed by atoms with Crippen molar-refractivity contribution in [3.8, 4) is 0 Å². The van der Waals surface area contributed by atoms with E-state index in [2.05, 4.69) is 21.0 Å². The largest absolute Gasteiger partial charge is 0.478 e. The molecule has 0 amide bonds. The van der Waals surface area contributed by atoms with Crippen molar-refractivity contribution in [3.63, 3.8) is 0 Å². The average molecular weight is 358 g/mol. The number of carbonyl (C=O) groups is 1. The van der Waals surface area contributed by atoms with Gasteiger partial charge in [-0.25, -0.2) is 14.8 Å². The van der Waals surface area contributed by atoms with Crippen molar-refractivity contribution in [2.45, 2.75) is 19.3 Å². The second kappa shape index (κ2) is 6.16. The van der Waals surface area contributed by atoms with E-state index in [-0.39, 0.29) is 0 Å². The first-order valence-corrected chi connectivity index (χ1v) is 9.08. The highest BCUT2D eigenvalue weighted by Crippen LogP contribution is 2.41. The second-order valence-electron chi connectivity index (χ2n) is 6.92. The summed E-state index contributed by atoms with van der Waals surface area (Å²) < 4.78 is 0. The fourth-order valence-corrected chi connectivity index (χ4v) is 4.08. The Balaban J connectivity index is 1.62. The fourth-order valence-electron chi connectivity index (χ4n) is 4.08. The Morgan fingerprint density at radius 2 is 2.07 bits per heavy atom. The molecule has 1 aliphatic carbocycles. The summed E-state index contributed by atoms with van der Waals surface area (Å²) in [6.07, 6.45) is 7.60. The molecular weight excluding hydrogens is 340 g/mol. The second-order valence-corrected chi connectivity index (χ2v) is 6.92. The smallest absolute Gasteiger partial charge is 0.328 e. The first-order chi connectivity index (χ1) is 13.2. The van der Waals surface area contributed by atoms with Crippen LogP contribution in [0.2, 0.25) is 0 Å². The lowest BCUT2D eigenvalue weighted by atomic mass is 9.91. The topological polar surface area (TPSA) is 78.7 Å². The molecule has 6 nitrogen and oxygen atoms in total. The number of nitrogens with zero attached hydrogens (tertiary/aromatic N) is 4. The lowest BCUT2D eigenvalue weighted by Crippen LogP contribution is -2.23. The van der Waals surface area contributed by atoms with Crippen LogP contribution in [0.5, 0.6) is 0 Å². The van der Waals surface area contributed by atoms with Gasteiger partial charge in [0.25, 0.3) is 0 Å². The van der Waals surface area contributed by atoms with E-state index in [1.807, 2.05) is 24.3 Å². The van der Waals surface area contributed by atoms with E-state index in [1.165, 1.54) is 28.6 Å². The molecule has 0 radical (unpaired) electrons. The number of anilines is 1. The Bertz CT molecular complexity index is 1090. The van der Waals surface area contributed by atoms with Gasteiger partial charge in [0, 0.05) is 42.3 Å². The Labute approximate surface area is 156 Å². The maximum atomic E-state index is 10.9. The molecule has 3 aliphatic rings. The quantitative estimate of drug-likeness (QED) is 0.851. The number of hydrogen-bond acceptors (Lipinski definition) is 5. The molecule has 0 saturated heterocycles. The van der Waals surface area contributed by atoms with Crippen molar-refractivity contribution in [1.82, 2.24) is 9.97 Å². The standard InChI is InChI=1S/C21H18N4O2/c26-20(27)6-5-19-23-16-4-2-1-3-15(16)21(24-19)25-10-8-14-11-17-13(7-9-22-17)12-18(14)25/h1-7H,8-12H2,(H,26,27). The maximum Gasteiger partial charge on any atom is 0.328 e. The fraction of sp³-hybridized carbons (Fsp3) is 0.238. The van der Waals surface area contributed by atoms with Crippen LogP contribution in [0.3, 0.4) is 0 Å². The number of hydrogen-bond donors (Lipinski definition) is 1. The van der Waals surface area contributed by atoms with E-state index in [0.717, 1.165) is 55.1 Å². The molecule has 2 aliphatic heterocycles. The predicted molar refractivity (Wildman–Crippen MR) is 105 cm³/mol. The molecule has 0 atom stereocenters. The van der Waals surface area contributed by atoms with Crippen LogP contribution in [0.15, 0.2) is 58.3 Å². The third kappa shape index (κ3) is 2.73. The highest BCUT2D eigenvalue weighted by Gasteiger charge is 2.32. The summed E-state index contributed by atoms with van der Waals surface area (Å²) in [5, 5.41) is 9.92. The molecule has 2 aromatic rings.